The number of carbonyl (C=O) groups is 1. The quantitative estimate of drug-likeness (QED) is 0.474. The molecule has 1 aliphatic rings. The molecule has 158 valence electrons. The minimum atomic E-state index is -0.168. The lowest BCUT2D eigenvalue weighted by Gasteiger charge is -2.33. The van der Waals surface area contributed by atoms with Gasteiger partial charge in [0.1, 0.15) is 11.8 Å². The average molecular weight is 441 g/mol. The molecule has 5 rings (SSSR count). The Morgan fingerprint density at radius 3 is 2.72 bits per heavy atom. The van der Waals surface area contributed by atoms with Gasteiger partial charge in [-0.15, -0.1) is 11.3 Å². The molecule has 4 aromatic heterocycles. The van der Waals surface area contributed by atoms with E-state index in [9.17, 15) is 4.79 Å². The number of carbonyl (C=O) groups excluding carboxylic acids is 1. The minimum absolute atomic E-state index is 0.168. The third kappa shape index (κ3) is 4.15. The molecule has 0 unspecified atom stereocenters. The number of rotatable bonds is 6. The van der Waals surface area contributed by atoms with E-state index in [1.807, 2.05) is 52.5 Å². The highest BCUT2D eigenvalue weighted by atomic mass is 32.1. The van der Waals surface area contributed by atoms with Gasteiger partial charge in [0.15, 0.2) is 5.13 Å². The fourth-order valence-electron chi connectivity index (χ4n) is 3.95. The number of nitrogens with one attached hydrogen (secondary N) is 1. The van der Waals surface area contributed by atoms with Crippen LogP contribution < -0.4 is 5.32 Å². The summed E-state index contributed by atoms with van der Waals surface area (Å²) in [7, 11) is 0. The van der Waals surface area contributed by atoms with Gasteiger partial charge in [0.05, 0.1) is 11.3 Å². The molecule has 1 saturated carbocycles. The van der Waals surface area contributed by atoms with E-state index < -0.39 is 0 Å². The van der Waals surface area contributed by atoms with Gasteiger partial charge in [0, 0.05) is 54.2 Å². The lowest BCUT2D eigenvalue weighted by molar-refractivity contribution is 0.101. The Labute approximate surface area is 189 Å². The standard InChI is InChI=1S/C24H20N6OS/c25-12-17-3-4-20(27-13-17)18-10-19(11-18)21-15-32-24(28-21)29-23(31)22-2-1-9-30(22)14-16-5-7-26-8-6-16/h1-9,13,15,18-19H,10-11,14H2,(H,28,29,31)/t18-,19-. The number of thiazole rings is 1. The van der Waals surface area contributed by atoms with E-state index in [0.29, 0.717) is 34.8 Å². The second-order valence-corrected chi connectivity index (χ2v) is 8.72. The number of amides is 1. The summed E-state index contributed by atoms with van der Waals surface area (Å²) in [5.41, 5.74) is 4.30. The van der Waals surface area contributed by atoms with Crippen LogP contribution in [-0.4, -0.2) is 25.4 Å². The third-order valence-electron chi connectivity index (χ3n) is 5.80. The maximum Gasteiger partial charge on any atom is 0.274 e. The number of aromatic nitrogens is 4. The van der Waals surface area contributed by atoms with Crippen molar-refractivity contribution in [2.24, 2.45) is 0 Å². The molecule has 4 aromatic rings. The molecule has 32 heavy (non-hydrogen) atoms. The lowest BCUT2D eigenvalue weighted by Crippen LogP contribution is -2.21. The van der Waals surface area contributed by atoms with Gasteiger partial charge in [-0.2, -0.15) is 5.26 Å². The Morgan fingerprint density at radius 2 is 1.97 bits per heavy atom. The first-order valence-corrected chi connectivity index (χ1v) is 11.2. The molecule has 7 nitrogen and oxygen atoms in total. The second-order valence-electron chi connectivity index (χ2n) is 7.86. The fourth-order valence-corrected chi connectivity index (χ4v) is 4.74. The van der Waals surface area contributed by atoms with Crippen molar-refractivity contribution in [2.45, 2.75) is 31.2 Å². The Balaban J connectivity index is 1.20. The molecular formula is C24H20N6OS. The maximum atomic E-state index is 12.8. The van der Waals surface area contributed by atoms with Gasteiger partial charge in [-0.05, 0) is 54.8 Å². The highest BCUT2D eigenvalue weighted by Gasteiger charge is 2.34. The van der Waals surface area contributed by atoms with Gasteiger partial charge >= 0.3 is 0 Å². The van der Waals surface area contributed by atoms with Crippen LogP contribution >= 0.6 is 11.3 Å². The molecule has 0 saturated heterocycles. The maximum absolute atomic E-state index is 12.8. The SMILES string of the molecule is N#Cc1ccc([C@H]2C[C@H](c3csc(NC(=O)c4cccn4Cc4ccncc4)n3)C2)nc1. The summed E-state index contributed by atoms with van der Waals surface area (Å²) in [5.74, 6) is 0.595. The summed E-state index contributed by atoms with van der Waals surface area (Å²) in [4.78, 5) is 25.9. The molecule has 0 atom stereocenters. The van der Waals surface area contributed by atoms with Crippen LogP contribution in [0.15, 0.2) is 66.6 Å². The number of pyridine rings is 2. The smallest absolute Gasteiger partial charge is 0.274 e. The van der Waals surface area contributed by atoms with Crippen molar-refractivity contribution in [1.29, 1.82) is 5.26 Å². The molecule has 1 N–H and O–H groups in total. The minimum Gasteiger partial charge on any atom is -0.339 e. The van der Waals surface area contributed by atoms with E-state index in [-0.39, 0.29) is 5.91 Å². The Hall–Kier alpha value is -3.83. The van der Waals surface area contributed by atoms with Crippen molar-refractivity contribution in [3.8, 4) is 6.07 Å². The monoisotopic (exact) mass is 440 g/mol. The lowest BCUT2D eigenvalue weighted by atomic mass is 9.72. The summed E-state index contributed by atoms with van der Waals surface area (Å²) in [6, 6.07) is 13.4. The molecule has 0 aliphatic heterocycles. The zero-order valence-corrected chi connectivity index (χ0v) is 18.0. The van der Waals surface area contributed by atoms with Gasteiger partial charge in [-0.3, -0.25) is 20.1 Å². The predicted molar refractivity (Wildman–Crippen MR) is 122 cm³/mol. The molecule has 8 heteroatoms. The average Bonchev–Trinajstić information content (AvgIpc) is 3.44. The van der Waals surface area contributed by atoms with Crippen molar-refractivity contribution in [3.05, 3.63) is 94.8 Å². The van der Waals surface area contributed by atoms with Crippen LogP contribution in [0.1, 0.15) is 57.7 Å². The van der Waals surface area contributed by atoms with Crippen molar-refractivity contribution in [1.82, 2.24) is 19.5 Å². The number of hydrogen-bond donors (Lipinski definition) is 1. The molecule has 0 bridgehead atoms. The first kappa shape index (κ1) is 20.1. The number of anilines is 1. The van der Waals surface area contributed by atoms with E-state index in [4.69, 9.17) is 5.26 Å². The van der Waals surface area contributed by atoms with Crippen LogP contribution in [0.2, 0.25) is 0 Å². The summed E-state index contributed by atoms with van der Waals surface area (Å²) < 4.78 is 1.92. The number of nitriles is 1. The molecule has 4 heterocycles. The highest BCUT2D eigenvalue weighted by Crippen LogP contribution is 2.47. The largest absolute Gasteiger partial charge is 0.339 e. The van der Waals surface area contributed by atoms with E-state index in [2.05, 4.69) is 26.3 Å². The van der Waals surface area contributed by atoms with E-state index >= 15 is 0 Å². The van der Waals surface area contributed by atoms with Gasteiger partial charge < -0.3 is 4.57 Å². The molecular weight excluding hydrogens is 420 g/mol. The summed E-state index contributed by atoms with van der Waals surface area (Å²) >= 11 is 1.45. The van der Waals surface area contributed by atoms with Crippen LogP contribution in [0.5, 0.6) is 0 Å². The van der Waals surface area contributed by atoms with Crippen molar-refractivity contribution in [2.75, 3.05) is 5.32 Å². The predicted octanol–water partition coefficient (Wildman–Crippen LogP) is 4.57. The molecule has 0 aromatic carbocycles. The van der Waals surface area contributed by atoms with Crippen LogP contribution in [0.25, 0.3) is 0 Å². The number of hydrogen-bond acceptors (Lipinski definition) is 6. The van der Waals surface area contributed by atoms with Gasteiger partial charge in [-0.1, -0.05) is 0 Å². The van der Waals surface area contributed by atoms with Crippen molar-refractivity contribution >= 4 is 22.4 Å². The van der Waals surface area contributed by atoms with Gasteiger partial charge in [0.2, 0.25) is 0 Å². The third-order valence-corrected chi connectivity index (χ3v) is 6.57. The first-order valence-electron chi connectivity index (χ1n) is 10.4. The van der Waals surface area contributed by atoms with E-state index in [0.717, 1.165) is 29.8 Å². The zero-order chi connectivity index (χ0) is 21.9. The molecule has 1 fully saturated rings. The van der Waals surface area contributed by atoms with Crippen LogP contribution in [-0.2, 0) is 6.54 Å². The highest BCUT2D eigenvalue weighted by molar-refractivity contribution is 7.14. The zero-order valence-electron chi connectivity index (χ0n) is 17.2. The topological polar surface area (TPSA) is 96.5 Å². The summed E-state index contributed by atoms with van der Waals surface area (Å²) in [5, 5.41) is 14.5. The Kier molecular flexibility index (Phi) is 5.48. The van der Waals surface area contributed by atoms with Crippen molar-refractivity contribution in [3.63, 3.8) is 0 Å². The van der Waals surface area contributed by atoms with Crippen LogP contribution in [0, 0.1) is 11.3 Å². The van der Waals surface area contributed by atoms with Crippen LogP contribution in [0.4, 0.5) is 5.13 Å². The second kappa shape index (κ2) is 8.73. The van der Waals surface area contributed by atoms with Crippen molar-refractivity contribution < 1.29 is 4.79 Å². The molecule has 0 radical (unpaired) electrons. The molecule has 1 amide bonds. The summed E-state index contributed by atoms with van der Waals surface area (Å²) in [6.45, 7) is 0.605. The summed E-state index contributed by atoms with van der Waals surface area (Å²) in [6.07, 6.45) is 8.98. The first-order chi connectivity index (χ1) is 15.7. The Bertz CT molecular complexity index is 1270. The van der Waals surface area contributed by atoms with Crippen LogP contribution in [0.3, 0.4) is 0 Å². The molecule has 1 aliphatic carbocycles. The van der Waals surface area contributed by atoms with Gasteiger partial charge in [-0.25, -0.2) is 4.98 Å². The van der Waals surface area contributed by atoms with E-state index in [1.165, 1.54) is 11.3 Å². The molecule has 0 spiro atoms. The normalized spacial score (nSPS) is 17.3. The van der Waals surface area contributed by atoms with Gasteiger partial charge in [0.25, 0.3) is 5.91 Å². The Morgan fingerprint density at radius 1 is 1.16 bits per heavy atom. The van der Waals surface area contributed by atoms with E-state index in [1.54, 1.807) is 18.6 Å². The number of nitrogens with zero attached hydrogens (tertiary/aromatic N) is 5. The fraction of sp³-hybridized carbons (Fsp3) is 0.208.